The van der Waals surface area contributed by atoms with Gasteiger partial charge in [0.15, 0.2) is 27.8 Å². The van der Waals surface area contributed by atoms with Crippen LogP contribution >= 0.6 is 22.9 Å². The predicted molar refractivity (Wildman–Crippen MR) is 189 cm³/mol. The minimum atomic E-state index is -0.871. The van der Waals surface area contributed by atoms with Crippen LogP contribution in [0.25, 0.3) is 11.8 Å². The van der Waals surface area contributed by atoms with Gasteiger partial charge in [-0.15, -0.1) is 0 Å². The van der Waals surface area contributed by atoms with Gasteiger partial charge in [-0.1, -0.05) is 77.5 Å². The fourth-order valence-electron chi connectivity index (χ4n) is 5.61. The van der Waals surface area contributed by atoms with E-state index in [2.05, 4.69) is 0 Å². The molecular weight excluding hydrogens is 664 g/mol. The molecule has 250 valence electrons. The highest BCUT2D eigenvalue weighted by Gasteiger charge is 2.35. The first kappa shape index (κ1) is 33.6. The number of methoxy groups -OCH3 is 3. The Bertz CT molecular complexity index is 2230. The second kappa shape index (κ2) is 14.8. The lowest BCUT2D eigenvalue weighted by atomic mass is 9.93. The molecule has 1 aliphatic heterocycles. The van der Waals surface area contributed by atoms with E-state index in [0.717, 1.165) is 5.56 Å². The van der Waals surface area contributed by atoms with E-state index in [1.165, 1.54) is 23.0 Å². The average molecular weight is 697 g/mol. The summed E-state index contributed by atoms with van der Waals surface area (Å²) in [6, 6.07) is 26.7. The molecule has 0 aliphatic carbocycles. The van der Waals surface area contributed by atoms with Crippen molar-refractivity contribution in [2.75, 3.05) is 27.9 Å². The maximum atomic E-state index is 14.3. The molecule has 0 fully saturated rings. The Morgan fingerprint density at radius 2 is 1.61 bits per heavy atom. The molecule has 11 heteroatoms. The highest BCUT2D eigenvalue weighted by atomic mass is 35.5. The first-order valence-electron chi connectivity index (χ1n) is 15.4. The minimum Gasteiger partial charge on any atom is -0.493 e. The van der Waals surface area contributed by atoms with Crippen molar-refractivity contribution in [1.82, 2.24) is 4.57 Å². The fraction of sp³-hybridized carbons (Fsp3) is 0.184. The molecule has 1 aliphatic rings. The van der Waals surface area contributed by atoms with Crippen LogP contribution in [0.1, 0.15) is 35.2 Å². The van der Waals surface area contributed by atoms with Crippen LogP contribution in [0.15, 0.2) is 106 Å². The van der Waals surface area contributed by atoms with E-state index in [0.29, 0.717) is 66.3 Å². The molecular formula is C38H33ClN2O7S. The van der Waals surface area contributed by atoms with E-state index >= 15 is 0 Å². The summed E-state index contributed by atoms with van der Waals surface area (Å²) in [5, 5.41) is 0.628. The first-order valence-corrected chi connectivity index (χ1v) is 16.6. The molecule has 5 aromatic rings. The molecule has 0 bridgehead atoms. The van der Waals surface area contributed by atoms with Crippen molar-refractivity contribution >= 4 is 40.7 Å². The number of hydrogen-bond donors (Lipinski definition) is 0. The second-order valence-corrected chi connectivity index (χ2v) is 12.3. The van der Waals surface area contributed by atoms with Crippen LogP contribution < -0.4 is 33.8 Å². The zero-order chi connectivity index (χ0) is 34.5. The van der Waals surface area contributed by atoms with Crippen molar-refractivity contribution in [3.63, 3.8) is 0 Å². The number of carbonyl (C=O) groups is 1. The zero-order valence-corrected chi connectivity index (χ0v) is 28.8. The summed E-state index contributed by atoms with van der Waals surface area (Å²) in [7, 11) is 4.64. The van der Waals surface area contributed by atoms with Gasteiger partial charge in [-0.25, -0.2) is 9.79 Å². The minimum absolute atomic E-state index is 0.147. The van der Waals surface area contributed by atoms with Crippen LogP contribution in [-0.4, -0.2) is 38.5 Å². The van der Waals surface area contributed by atoms with Crippen molar-refractivity contribution in [3.05, 3.63) is 144 Å². The van der Waals surface area contributed by atoms with Gasteiger partial charge in [0.2, 0.25) is 0 Å². The third-order valence-corrected chi connectivity index (χ3v) is 9.08. The van der Waals surface area contributed by atoms with Gasteiger partial charge in [0, 0.05) is 10.6 Å². The average Bonchev–Trinajstić information content (AvgIpc) is 3.44. The number of fused-ring (bicyclic) bond motifs is 1. The SMILES string of the molecule is CCOC(=O)C1=C(c2ccccc2)N=c2s/c(=C\c3ccc(OCc4cccc(Cl)c4)c(OC)c3)c(=O)n2[C@@H]1c1ccc(OC)c(OC)c1. The number of halogens is 1. The highest BCUT2D eigenvalue weighted by molar-refractivity contribution is 7.07. The zero-order valence-electron chi connectivity index (χ0n) is 27.3. The number of carbonyl (C=O) groups excluding carboxylic acids is 1. The van der Waals surface area contributed by atoms with Gasteiger partial charge >= 0.3 is 5.97 Å². The summed E-state index contributed by atoms with van der Waals surface area (Å²) < 4.78 is 30.3. The number of esters is 1. The van der Waals surface area contributed by atoms with Crippen molar-refractivity contribution in [2.24, 2.45) is 4.99 Å². The van der Waals surface area contributed by atoms with E-state index in [-0.39, 0.29) is 17.7 Å². The van der Waals surface area contributed by atoms with E-state index in [9.17, 15) is 9.59 Å². The lowest BCUT2D eigenvalue weighted by Gasteiger charge is -2.26. The van der Waals surface area contributed by atoms with Gasteiger partial charge in [-0.3, -0.25) is 9.36 Å². The Morgan fingerprint density at radius 1 is 0.878 bits per heavy atom. The quantitative estimate of drug-likeness (QED) is 0.152. The Labute approximate surface area is 291 Å². The molecule has 9 nitrogen and oxygen atoms in total. The van der Waals surface area contributed by atoms with Crippen molar-refractivity contribution in [1.29, 1.82) is 0 Å². The molecule has 1 atom stereocenters. The molecule has 0 radical (unpaired) electrons. The maximum Gasteiger partial charge on any atom is 0.338 e. The monoisotopic (exact) mass is 696 g/mol. The molecule has 49 heavy (non-hydrogen) atoms. The number of thiazole rings is 1. The summed E-state index contributed by atoms with van der Waals surface area (Å²) >= 11 is 7.35. The molecule has 0 N–H and O–H groups in total. The predicted octanol–water partition coefficient (Wildman–Crippen LogP) is 6.19. The number of benzene rings is 4. The molecule has 6 rings (SSSR count). The third kappa shape index (κ3) is 6.97. The van der Waals surface area contributed by atoms with Crippen LogP contribution in [-0.2, 0) is 16.1 Å². The van der Waals surface area contributed by atoms with Gasteiger partial charge in [-0.05, 0) is 66.1 Å². The molecule has 4 aromatic carbocycles. The summed E-state index contributed by atoms with van der Waals surface area (Å²) in [6.45, 7) is 2.19. The van der Waals surface area contributed by atoms with Crippen LogP contribution in [0.3, 0.4) is 0 Å². The number of aromatic nitrogens is 1. The van der Waals surface area contributed by atoms with E-state index in [1.807, 2.05) is 60.7 Å². The number of nitrogens with zero attached hydrogens (tertiary/aromatic N) is 2. The lowest BCUT2D eigenvalue weighted by molar-refractivity contribution is -0.138. The van der Waals surface area contributed by atoms with E-state index < -0.39 is 12.0 Å². The van der Waals surface area contributed by atoms with Gasteiger partial charge in [-0.2, -0.15) is 0 Å². The van der Waals surface area contributed by atoms with Crippen molar-refractivity contribution < 1.29 is 28.5 Å². The first-order chi connectivity index (χ1) is 23.8. The van der Waals surface area contributed by atoms with Gasteiger partial charge in [0.25, 0.3) is 5.56 Å². The highest BCUT2D eigenvalue weighted by Crippen LogP contribution is 2.38. The standard InChI is InChI=1S/C38H33ClN2O7S/c1-5-47-37(43)33-34(25-11-7-6-8-12-25)40-38-41(35(33)26-15-17-28(44-2)31(21-26)46-4)36(42)32(49-38)20-23-14-16-29(30(19-23)45-3)48-22-24-10-9-13-27(39)18-24/h6-21,35H,5,22H2,1-4H3/b32-20-/t35-/m1/s1. The molecule has 1 aromatic heterocycles. The van der Waals surface area contributed by atoms with Crippen LogP contribution in [0.5, 0.6) is 23.0 Å². The lowest BCUT2D eigenvalue weighted by Crippen LogP contribution is -2.40. The number of hydrogen-bond acceptors (Lipinski definition) is 9. The Morgan fingerprint density at radius 3 is 2.33 bits per heavy atom. The fourth-order valence-corrected chi connectivity index (χ4v) is 6.82. The Kier molecular flexibility index (Phi) is 10.2. The molecule has 0 unspecified atom stereocenters. The topological polar surface area (TPSA) is 97.6 Å². The van der Waals surface area contributed by atoms with Crippen molar-refractivity contribution in [3.8, 4) is 23.0 Å². The van der Waals surface area contributed by atoms with Gasteiger partial charge in [0.1, 0.15) is 6.61 Å². The number of ether oxygens (including phenoxy) is 5. The summed E-state index contributed by atoms with van der Waals surface area (Å²) in [5.41, 5.74) is 3.31. The molecule has 0 saturated heterocycles. The Balaban J connectivity index is 1.49. The van der Waals surface area contributed by atoms with Crippen LogP contribution in [0, 0.1) is 0 Å². The molecule has 0 spiro atoms. The molecule has 0 amide bonds. The Hall–Kier alpha value is -5.32. The van der Waals surface area contributed by atoms with E-state index in [4.69, 9.17) is 40.3 Å². The summed E-state index contributed by atoms with van der Waals surface area (Å²) in [4.78, 5) is 33.5. The summed E-state index contributed by atoms with van der Waals surface area (Å²) in [5.74, 6) is 1.44. The van der Waals surface area contributed by atoms with Crippen molar-refractivity contribution in [2.45, 2.75) is 19.6 Å². The third-order valence-electron chi connectivity index (χ3n) is 7.87. The normalized spacial score (nSPS) is 14.1. The number of rotatable bonds is 11. The smallest absolute Gasteiger partial charge is 0.338 e. The molecule has 2 heterocycles. The largest absolute Gasteiger partial charge is 0.493 e. The van der Waals surface area contributed by atoms with Gasteiger partial charge in [0.05, 0.1) is 49.8 Å². The summed E-state index contributed by atoms with van der Waals surface area (Å²) in [6.07, 6.45) is 1.77. The van der Waals surface area contributed by atoms with E-state index in [1.54, 1.807) is 57.6 Å². The van der Waals surface area contributed by atoms with Crippen LogP contribution in [0.2, 0.25) is 5.02 Å². The van der Waals surface area contributed by atoms with Crippen LogP contribution in [0.4, 0.5) is 0 Å². The maximum absolute atomic E-state index is 14.3. The van der Waals surface area contributed by atoms with Gasteiger partial charge < -0.3 is 23.7 Å². The second-order valence-electron chi connectivity index (χ2n) is 10.9. The molecule has 0 saturated carbocycles.